The Labute approximate surface area is 102 Å². The standard InChI is InChI=1S/C13H22N2S/c1-9(2)8-12-15-10(3)13(16-12)11-4-6-14-7-5-11/h9,11,14H,4-8H2,1-3H3. The van der Waals surface area contributed by atoms with E-state index in [9.17, 15) is 0 Å². The van der Waals surface area contributed by atoms with Gasteiger partial charge in [0.25, 0.3) is 0 Å². The molecule has 1 aliphatic heterocycles. The molecule has 0 radical (unpaired) electrons. The van der Waals surface area contributed by atoms with Gasteiger partial charge in [0.1, 0.15) is 0 Å². The summed E-state index contributed by atoms with van der Waals surface area (Å²) in [5.74, 6) is 1.48. The second kappa shape index (κ2) is 5.28. The molecule has 1 aromatic heterocycles. The molecule has 2 rings (SSSR count). The van der Waals surface area contributed by atoms with Gasteiger partial charge < -0.3 is 5.32 Å². The molecule has 3 heteroatoms. The van der Waals surface area contributed by atoms with E-state index >= 15 is 0 Å². The molecule has 0 atom stereocenters. The van der Waals surface area contributed by atoms with Crippen LogP contribution in [-0.2, 0) is 6.42 Å². The smallest absolute Gasteiger partial charge is 0.0933 e. The molecule has 0 amide bonds. The van der Waals surface area contributed by atoms with Crippen molar-refractivity contribution in [2.24, 2.45) is 5.92 Å². The lowest BCUT2D eigenvalue weighted by Gasteiger charge is -2.21. The van der Waals surface area contributed by atoms with E-state index in [1.54, 1.807) is 4.88 Å². The summed E-state index contributed by atoms with van der Waals surface area (Å²) in [6.45, 7) is 9.04. The maximum absolute atomic E-state index is 4.72. The fourth-order valence-corrected chi connectivity index (χ4v) is 3.81. The summed E-state index contributed by atoms with van der Waals surface area (Å²) in [7, 11) is 0. The van der Waals surface area contributed by atoms with Crippen LogP contribution in [0.3, 0.4) is 0 Å². The van der Waals surface area contributed by atoms with Gasteiger partial charge in [-0.3, -0.25) is 0 Å². The molecule has 2 nitrogen and oxygen atoms in total. The molecular formula is C13H22N2S. The molecule has 1 saturated heterocycles. The van der Waals surface area contributed by atoms with Crippen molar-refractivity contribution < 1.29 is 0 Å². The van der Waals surface area contributed by atoms with Gasteiger partial charge in [-0.05, 0) is 44.7 Å². The lowest BCUT2D eigenvalue weighted by atomic mass is 9.96. The average Bonchev–Trinajstić information content (AvgIpc) is 2.60. The highest BCUT2D eigenvalue weighted by Crippen LogP contribution is 2.33. The Kier molecular flexibility index (Phi) is 3.98. The van der Waals surface area contributed by atoms with E-state index in [-0.39, 0.29) is 0 Å². The minimum absolute atomic E-state index is 0.714. The summed E-state index contributed by atoms with van der Waals surface area (Å²) in [6.07, 6.45) is 3.70. The van der Waals surface area contributed by atoms with Crippen molar-refractivity contribution in [3.05, 3.63) is 15.6 Å². The lowest BCUT2D eigenvalue weighted by Crippen LogP contribution is -2.26. The number of piperidine rings is 1. The second-order valence-electron chi connectivity index (χ2n) is 5.18. The number of aromatic nitrogens is 1. The topological polar surface area (TPSA) is 24.9 Å². The highest BCUT2D eigenvalue weighted by molar-refractivity contribution is 7.11. The molecule has 2 heterocycles. The maximum Gasteiger partial charge on any atom is 0.0933 e. The molecule has 0 aromatic carbocycles. The highest BCUT2D eigenvalue weighted by atomic mass is 32.1. The van der Waals surface area contributed by atoms with Gasteiger partial charge in [0, 0.05) is 11.3 Å². The van der Waals surface area contributed by atoms with E-state index in [1.165, 1.54) is 36.6 Å². The van der Waals surface area contributed by atoms with Crippen LogP contribution >= 0.6 is 11.3 Å². The number of hydrogen-bond acceptors (Lipinski definition) is 3. The fraction of sp³-hybridized carbons (Fsp3) is 0.769. The molecule has 1 aromatic rings. The highest BCUT2D eigenvalue weighted by Gasteiger charge is 2.20. The molecule has 0 unspecified atom stereocenters. The Morgan fingerprint density at radius 2 is 2.06 bits per heavy atom. The molecule has 16 heavy (non-hydrogen) atoms. The van der Waals surface area contributed by atoms with Crippen molar-refractivity contribution in [3.8, 4) is 0 Å². The number of thiazole rings is 1. The van der Waals surface area contributed by atoms with Crippen LogP contribution < -0.4 is 5.32 Å². The van der Waals surface area contributed by atoms with Gasteiger partial charge in [0.05, 0.1) is 10.7 Å². The van der Waals surface area contributed by atoms with Gasteiger partial charge in [-0.2, -0.15) is 0 Å². The minimum Gasteiger partial charge on any atom is -0.317 e. The van der Waals surface area contributed by atoms with E-state index in [1.807, 2.05) is 11.3 Å². The zero-order valence-electron chi connectivity index (χ0n) is 10.5. The van der Waals surface area contributed by atoms with Crippen LogP contribution in [0.5, 0.6) is 0 Å². The van der Waals surface area contributed by atoms with Crippen molar-refractivity contribution in [2.45, 2.75) is 46.0 Å². The van der Waals surface area contributed by atoms with Gasteiger partial charge in [-0.15, -0.1) is 11.3 Å². The van der Waals surface area contributed by atoms with Crippen molar-refractivity contribution in [3.63, 3.8) is 0 Å². The number of aryl methyl sites for hydroxylation is 1. The van der Waals surface area contributed by atoms with Crippen molar-refractivity contribution in [2.75, 3.05) is 13.1 Å². The van der Waals surface area contributed by atoms with Crippen molar-refractivity contribution >= 4 is 11.3 Å². The molecule has 1 fully saturated rings. The molecule has 90 valence electrons. The van der Waals surface area contributed by atoms with Crippen LogP contribution in [0, 0.1) is 12.8 Å². The van der Waals surface area contributed by atoms with E-state index in [4.69, 9.17) is 4.98 Å². The monoisotopic (exact) mass is 238 g/mol. The quantitative estimate of drug-likeness (QED) is 0.875. The minimum atomic E-state index is 0.714. The first kappa shape index (κ1) is 12.1. The van der Waals surface area contributed by atoms with Crippen LogP contribution in [0.15, 0.2) is 0 Å². The Bertz CT molecular complexity index is 338. The number of hydrogen-bond donors (Lipinski definition) is 1. The molecule has 0 spiro atoms. The summed E-state index contributed by atoms with van der Waals surface area (Å²) in [4.78, 5) is 6.28. The summed E-state index contributed by atoms with van der Waals surface area (Å²) < 4.78 is 0. The molecule has 1 N–H and O–H groups in total. The SMILES string of the molecule is Cc1nc(CC(C)C)sc1C1CCNCC1. The zero-order valence-corrected chi connectivity index (χ0v) is 11.4. The van der Waals surface area contributed by atoms with Gasteiger partial charge in [0.15, 0.2) is 0 Å². The average molecular weight is 238 g/mol. The zero-order chi connectivity index (χ0) is 11.5. The van der Waals surface area contributed by atoms with Gasteiger partial charge in [-0.1, -0.05) is 13.8 Å². The van der Waals surface area contributed by atoms with Crippen LogP contribution in [0.1, 0.15) is 48.2 Å². The Balaban J connectivity index is 2.10. The Morgan fingerprint density at radius 3 is 2.69 bits per heavy atom. The molecule has 1 aliphatic rings. The van der Waals surface area contributed by atoms with Crippen molar-refractivity contribution in [1.82, 2.24) is 10.3 Å². The Morgan fingerprint density at radius 1 is 1.38 bits per heavy atom. The first-order chi connectivity index (χ1) is 7.66. The summed E-state index contributed by atoms with van der Waals surface area (Å²) in [6, 6.07) is 0. The van der Waals surface area contributed by atoms with Crippen LogP contribution in [0.25, 0.3) is 0 Å². The number of rotatable bonds is 3. The first-order valence-corrected chi connectivity index (χ1v) is 7.15. The largest absolute Gasteiger partial charge is 0.317 e. The first-order valence-electron chi connectivity index (χ1n) is 6.33. The van der Waals surface area contributed by atoms with Crippen LogP contribution in [0.2, 0.25) is 0 Å². The third kappa shape index (κ3) is 2.83. The molecular weight excluding hydrogens is 216 g/mol. The number of nitrogens with one attached hydrogen (secondary N) is 1. The predicted molar refractivity (Wildman–Crippen MR) is 70.2 cm³/mol. The van der Waals surface area contributed by atoms with Gasteiger partial charge in [-0.25, -0.2) is 4.98 Å². The van der Waals surface area contributed by atoms with Gasteiger partial charge in [0.2, 0.25) is 0 Å². The third-order valence-corrected chi connectivity index (χ3v) is 4.51. The molecule has 0 saturated carbocycles. The molecule has 0 aliphatic carbocycles. The lowest BCUT2D eigenvalue weighted by molar-refractivity contribution is 0.463. The van der Waals surface area contributed by atoms with Crippen molar-refractivity contribution in [1.29, 1.82) is 0 Å². The summed E-state index contributed by atoms with van der Waals surface area (Å²) >= 11 is 1.96. The predicted octanol–water partition coefficient (Wildman–Crippen LogP) is 3.12. The summed E-state index contributed by atoms with van der Waals surface area (Å²) in [5, 5.41) is 4.76. The fourth-order valence-electron chi connectivity index (χ4n) is 2.37. The van der Waals surface area contributed by atoms with E-state index in [0.29, 0.717) is 5.92 Å². The van der Waals surface area contributed by atoms with Crippen LogP contribution in [-0.4, -0.2) is 18.1 Å². The van der Waals surface area contributed by atoms with Gasteiger partial charge >= 0.3 is 0 Å². The Hall–Kier alpha value is -0.410. The number of nitrogens with zero attached hydrogens (tertiary/aromatic N) is 1. The van der Waals surface area contributed by atoms with E-state index in [0.717, 1.165) is 12.3 Å². The van der Waals surface area contributed by atoms with Crippen LogP contribution in [0.4, 0.5) is 0 Å². The normalized spacial score (nSPS) is 18.2. The maximum atomic E-state index is 4.72. The molecule has 0 bridgehead atoms. The second-order valence-corrected chi connectivity index (χ2v) is 6.29. The van der Waals surface area contributed by atoms with E-state index < -0.39 is 0 Å². The summed E-state index contributed by atoms with van der Waals surface area (Å²) in [5.41, 5.74) is 1.28. The third-order valence-electron chi connectivity index (χ3n) is 3.17. The van der Waals surface area contributed by atoms with E-state index in [2.05, 4.69) is 26.1 Å².